The Morgan fingerprint density at radius 1 is 0.467 bits per heavy atom. The van der Waals surface area contributed by atoms with Crippen molar-refractivity contribution in [1.82, 2.24) is 0 Å². The smallest absolute Gasteiger partial charge is 0.194 e. The molecule has 0 amide bonds. The van der Waals surface area contributed by atoms with E-state index in [-0.39, 0.29) is 6.08 Å². The summed E-state index contributed by atoms with van der Waals surface area (Å²) in [5.41, 5.74) is -2.08. The zero-order valence-corrected chi connectivity index (χ0v) is 13.4. The van der Waals surface area contributed by atoms with E-state index in [1.807, 2.05) is 0 Å². The molecule has 1 aliphatic rings. The first-order valence-electron chi connectivity index (χ1n) is 6.93. The first-order chi connectivity index (χ1) is 12.9. The van der Waals surface area contributed by atoms with Crippen molar-refractivity contribution in [1.29, 1.82) is 0 Å². The second kappa shape index (κ2) is 6.64. The summed E-state index contributed by atoms with van der Waals surface area (Å²) in [4.78, 5) is 0. The van der Waals surface area contributed by atoms with Gasteiger partial charge >= 0.3 is 47.6 Å². The highest BCUT2D eigenvalue weighted by Gasteiger charge is 2.95. The molecule has 0 aromatic heterocycles. The molecule has 0 nitrogen and oxygen atoms in total. The number of hydrogen-bond donors (Lipinski definition) is 0. The zero-order valence-electron chi connectivity index (χ0n) is 13.4. The minimum atomic E-state index is -8.59. The van der Waals surface area contributed by atoms with Crippen LogP contribution in [0.2, 0.25) is 0 Å². The second-order valence-electron chi connectivity index (χ2n) is 5.84. The number of alkyl halides is 17. The monoisotopic (exact) mass is 484 g/mol. The van der Waals surface area contributed by atoms with Crippen LogP contribution in [-0.2, 0) is 0 Å². The van der Waals surface area contributed by atoms with Gasteiger partial charge in [0.05, 0.1) is 0 Å². The highest BCUT2D eigenvalue weighted by molar-refractivity contribution is 5.32. The molecular formula is C13H5F17. The van der Waals surface area contributed by atoms with E-state index >= 15 is 0 Å². The number of hydrogen-bond acceptors (Lipinski definition) is 0. The molecule has 0 aliphatic heterocycles. The molecular weight excluding hydrogens is 479 g/mol. The fourth-order valence-corrected chi connectivity index (χ4v) is 2.05. The van der Waals surface area contributed by atoms with Crippen LogP contribution in [0.1, 0.15) is 6.42 Å². The van der Waals surface area contributed by atoms with Gasteiger partial charge in [-0.3, -0.25) is 0 Å². The molecule has 0 unspecified atom stereocenters. The van der Waals surface area contributed by atoms with Gasteiger partial charge in [0, 0.05) is 5.57 Å². The van der Waals surface area contributed by atoms with E-state index in [2.05, 4.69) is 0 Å². The van der Waals surface area contributed by atoms with Gasteiger partial charge in [0.1, 0.15) is 0 Å². The molecule has 1 aliphatic carbocycles. The van der Waals surface area contributed by atoms with Crippen LogP contribution in [0.15, 0.2) is 23.8 Å². The average molecular weight is 484 g/mol. The van der Waals surface area contributed by atoms with Crippen LogP contribution < -0.4 is 0 Å². The fraction of sp³-hybridized carbons (Fsp3) is 0.692. The molecule has 0 radical (unpaired) electrons. The Labute approximate surface area is 154 Å². The molecule has 0 heterocycles. The van der Waals surface area contributed by atoms with Gasteiger partial charge in [-0.15, -0.1) is 0 Å². The summed E-state index contributed by atoms with van der Waals surface area (Å²) in [5, 5.41) is 0. The quantitative estimate of drug-likeness (QED) is 0.346. The van der Waals surface area contributed by atoms with Crippen LogP contribution in [0, 0.1) is 0 Å². The Morgan fingerprint density at radius 2 is 0.800 bits per heavy atom. The number of allylic oxidation sites excluding steroid dienone is 4. The normalized spacial score (nSPS) is 18.1. The van der Waals surface area contributed by atoms with E-state index in [1.54, 1.807) is 0 Å². The molecule has 0 aromatic rings. The van der Waals surface area contributed by atoms with E-state index in [1.165, 1.54) is 0 Å². The first kappa shape index (κ1) is 26.3. The minimum Gasteiger partial charge on any atom is -0.194 e. The zero-order chi connectivity index (χ0) is 24.4. The number of halogens is 17. The molecule has 0 bridgehead atoms. The molecule has 0 saturated carbocycles. The topological polar surface area (TPSA) is 0 Å². The van der Waals surface area contributed by atoms with Gasteiger partial charge in [-0.2, -0.15) is 74.6 Å². The summed E-state index contributed by atoms with van der Waals surface area (Å²) in [6, 6.07) is 0. The molecule has 0 atom stereocenters. The van der Waals surface area contributed by atoms with Crippen molar-refractivity contribution in [3.05, 3.63) is 23.8 Å². The Balaban J connectivity index is 3.63. The standard InChI is InChI=1S/C13H5F17/c14-6(15,5-3-1-2-4-5)7(16,17)8(18,19)9(20,21)10(22,23)11(24,25)12(26,27)13(28,29)30/h1-3H,4H2. The molecule has 17 heteroatoms. The lowest BCUT2D eigenvalue weighted by Gasteiger charge is -2.43. The van der Waals surface area contributed by atoms with E-state index in [0.717, 1.165) is 0 Å². The SMILES string of the molecule is FC(F)(F)C(F)(F)C(F)(F)C(F)(F)C(F)(F)C(F)(F)C(F)(F)C(F)(F)C1=CC=CC1. The van der Waals surface area contributed by atoms with Crippen molar-refractivity contribution in [2.24, 2.45) is 0 Å². The first-order valence-corrected chi connectivity index (χ1v) is 6.93. The van der Waals surface area contributed by atoms with Gasteiger partial charge in [-0.25, -0.2) is 0 Å². The van der Waals surface area contributed by atoms with Crippen molar-refractivity contribution in [2.75, 3.05) is 0 Å². The van der Waals surface area contributed by atoms with Crippen molar-refractivity contribution >= 4 is 0 Å². The van der Waals surface area contributed by atoms with Crippen LogP contribution in [0.25, 0.3) is 0 Å². The lowest BCUT2D eigenvalue weighted by atomic mass is 9.87. The summed E-state index contributed by atoms with van der Waals surface area (Å²) in [6.45, 7) is 0. The van der Waals surface area contributed by atoms with Gasteiger partial charge in [-0.1, -0.05) is 18.2 Å². The Morgan fingerprint density at radius 3 is 1.10 bits per heavy atom. The van der Waals surface area contributed by atoms with Crippen LogP contribution in [0.5, 0.6) is 0 Å². The van der Waals surface area contributed by atoms with E-state index in [9.17, 15) is 74.6 Å². The van der Waals surface area contributed by atoms with Crippen molar-refractivity contribution < 1.29 is 74.6 Å². The van der Waals surface area contributed by atoms with E-state index < -0.39 is 59.6 Å². The van der Waals surface area contributed by atoms with E-state index in [4.69, 9.17) is 0 Å². The maximum absolute atomic E-state index is 13.6. The largest absolute Gasteiger partial charge is 0.460 e. The highest BCUT2D eigenvalue weighted by atomic mass is 19.4. The van der Waals surface area contributed by atoms with Crippen LogP contribution in [0.4, 0.5) is 74.6 Å². The van der Waals surface area contributed by atoms with Gasteiger partial charge in [0.2, 0.25) is 0 Å². The summed E-state index contributed by atoms with van der Waals surface area (Å²) < 4.78 is 221. The molecule has 0 aromatic carbocycles. The summed E-state index contributed by atoms with van der Waals surface area (Å²) >= 11 is 0. The molecule has 0 saturated heterocycles. The summed E-state index contributed by atoms with van der Waals surface area (Å²) in [7, 11) is 0. The lowest BCUT2D eigenvalue weighted by molar-refractivity contribution is -0.460. The molecule has 0 spiro atoms. The minimum absolute atomic E-state index is 0.0489. The Hall–Kier alpha value is -1.71. The Bertz CT molecular complexity index is 720. The van der Waals surface area contributed by atoms with Crippen molar-refractivity contribution in [2.45, 2.75) is 54.1 Å². The lowest BCUT2D eigenvalue weighted by Crippen LogP contribution is -2.74. The maximum atomic E-state index is 13.6. The van der Waals surface area contributed by atoms with Crippen molar-refractivity contribution in [3.63, 3.8) is 0 Å². The van der Waals surface area contributed by atoms with Gasteiger partial charge in [0.15, 0.2) is 0 Å². The van der Waals surface area contributed by atoms with Crippen LogP contribution >= 0.6 is 0 Å². The predicted octanol–water partition coefficient (Wildman–Crippen LogP) is 6.88. The third-order valence-electron chi connectivity index (χ3n) is 3.90. The molecule has 30 heavy (non-hydrogen) atoms. The van der Waals surface area contributed by atoms with Gasteiger partial charge in [0.25, 0.3) is 0 Å². The molecule has 176 valence electrons. The Kier molecular flexibility index (Phi) is 5.83. The van der Waals surface area contributed by atoms with Gasteiger partial charge < -0.3 is 0 Å². The van der Waals surface area contributed by atoms with Crippen LogP contribution in [-0.4, -0.2) is 47.6 Å². The summed E-state index contributed by atoms with van der Waals surface area (Å²) in [5.74, 6) is -56.1. The third kappa shape index (κ3) is 3.05. The van der Waals surface area contributed by atoms with Crippen LogP contribution in [0.3, 0.4) is 0 Å². The van der Waals surface area contributed by atoms with Gasteiger partial charge in [-0.05, 0) is 6.42 Å². The average Bonchev–Trinajstić information content (AvgIpc) is 3.07. The molecule has 1 rings (SSSR count). The fourth-order valence-electron chi connectivity index (χ4n) is 2.05. The van der Waals surface area contributed by atoms with E-state index in [0.29, 0.717) is 12.2 Å². The van der Waals surface area contributed by atoms with Crippen molar-refractivity contribution in [3.8, 4) is 0 Å². The predicted molar refractivity (Wildman–Crippen MR) is 62.5 cm³/mol. The number of rotatable bonds is 7. The second-order valence-corrected chi connectivity index (χ2v) is 5.84. The highest BCUT2D eigenvalue weighted by Crippen LogP contribution is 2.64. The molecule has 0 N–H and O–H groups in total. The molecule has 0 fully saturated rings. The third-order valence-corrected chi connectivity index (χ3v) is 3.90. The maximum Gasteiger partial charge on any atom is 0.460 e. The summed E-state index contributed by atoms with van der Waals surface area (Å²) in [6.07, 6.45) is -8.04.